The summed E-state index contributed by atoms with van der Waals surface area (Å²) in [5.41, 5.74) is 17.2. The van der Waals surface area contributed by atoms with Gasteiger partial charge in [0.15, 0.2) is 0 Å². The maximum Gasteiger partial charge on any atom is 0.119 e. The van der Waals surface area contributed by atoms with E-state index >= 15 is 0 Å². The first-order valence-electron chi connectivity index (χ1n) is 22.3. The average Bonchev–Trinajstić information content (AvgIpc) is 3.71. The van der Waals surface area contributed by atoms with Gasteiger partial charge in [-0.2, -0.15) is 0 Å². The highest BCUT2D eigenvalue weighted by Gasteiger charge is 2.45. The standard InChI is InChI=1S/C55H62Si/c1-4-7-10-19-26-47-52-37-43(41-22-15-13-16-23-41)27-31-48(52)49-32-28-44(38-53(47)49)46-30-34-51-50-33-29-45(42-24-17-14-18-25-42)39-54(50)56(55(51)40-46,35-20-11-8-5-2)36-21-12-9-6-3/h13-18,22-25,27-34,37-40,47H,4-12,19-21,26,35-36H2,1-3H3. The second kappa shape index (κ2) is 17.8. The van der Waals surface area contributed by atoms with Crippen LogP contribution in [0.25, 0.3) is 55.6 Å². The molecule has 0 nitrogen and oxygen atoms in total. The number of benzene rings is 6. The molecule has 0 radical (unpaired) electrons. The van der Waals surface area contributed by atoms with E-state index in [1.807, 2.05) is 0 Å². The van der Waals surface area contributed by atoms with E-state index in [1.54, 1.807) is 10.4 Å². The number of hydrogen-bond acceptors (Lipinski definition) is 0. The van der Waals surface area contributed by atoms with Gasteiger partial charge >= 0.3 is 0 Å². The lowest BCUT2D eigenvalue weighted by molar-refractivity contribution is 0.601. The third-order valence-corrected chi connectivity index (χ3v) is 18.6. The number of fused-ring (bicyclic) bond motifs is 6. The molecule has 0 saturated heterocycles. The summed E-state index contributed by atoms with van der Waals surface area (Å²) >= 11 is 0. The van der Waals surface area contributed by atoms with Crippen molar-refractivity contribution in [2.24, 2.45) is 0 Å². The van der Waals surface area contributed by atoms with Crippen LogP contribution >= 0.6 is 0 Å². The Morgan fingerprint density at radius 3 is 1.21 bits per heavy atom. The summed E-state index contributed by atoms with van der Waals surface area (Å²) in [4.78, 5) is 0. The first-order chi connectivity index (χ1) is 27.6. The Hall–Kier alpha value is -4.46. The van der Waals surface area contributed by atoms with Crippen LogP contribution in [0.15, 0.2) is 133 Å². The van der Waals surface area contributed by atoms with E-state index in [-0.39, 0.29) is 0 Å². The highest BCUT2D eigenvalue weighted by atomic mass is 28.3. The normalized spacial score (nSPS) is 14.7. The highest BCUT2D eigenvalue weighted by Crippen LogP contribution is 2.50. The van der Waals surface area contributed by atoms with Crippen molar-refractivity contribution < 1.29 is 0 Å². The van der Waals surface area contributed by atoms with Crippen molar-refractivity contribution >= 4 is 18.4 Å². The fraction of sp³-hybridized carbons (Fsp3) is 0.345. The minimum atomic E-state index is -2.05. The van der Waals surface area contributed by atoms with Gasteiger partial charge in [-0.3, -0.25) is 0 Å². The lowest BCUT2D eigenvalue weighted by Gasteiger charge is -2.31. The van der Waals surface area contributed by atoms with Gasteiger partial charge in [-0.1, -0.05) is 219 Å². The van der Waals surface area contributed by atoms with Gasteiger partial charge in [0.25, 0.3) is 0 Å². The molecule has 1 atom stereocenters. The molecule has 1 heterocycles. The molecule has 0 aromatic heterocycles. The van der Waals surface area contributed by atoms with Gasteiger partial charge in [0, 0.05) is 5.92 Å². The molecule has 0 spiro atoms. The predicted octanol–water partition coefficient (Wildman–Crippen LogP) is 15.5. The van der Waals surface area contributed by atoms with Crippen molar-refractivity contribution in [3.63, 3.8) is 0 Å². The maximum atomic E-state index is 2.71. The first-order valence-corrected chi connectivity index (χ1v) is 24.8. The molecule has 56 heavy (non-hydrogen) atoms. The SMILES string of the molecule is CCCCCCC1c2cc(-c3ccccc3)ccc2-c2ccc(-c3ccc4c(c3)[Si](CCCCCC)(CCCCCC)c3cc(-c5ccccc5)ccc3-4)cc21. The monoisotopic (exact) mass is 750 g/mol. The fourth-order valence-electron chi connectivity index (χ4n) is 10.3. The van der Waals surface area contributed by atoms with Crippen LogP contribution in [0.1, 0.15) is 121 Å². The Balaban J connectivity index is 1.21. The molecule has 8 rings (SSSR count). The molecule has 0 fully saturated rings. The largest absolute Gasteiger partial charge is 0.119 e. The third-order valence-electron chi connectivity index (χ3n) is 13.3. The fourth-order valence-corrected chi connectivity index (χ4v) is 15.9. The summed E-state index contributed by atoms with van der Waals surface area (Å²) in [7, 11) is -2.05. The molecule has 1 unspecified atom stereocenters. The predicted molar refractivity (Wildman–Crippen MR) is 247 cm³/mol. The molecular formula is C55H62Si. The van der Waals surface area contributed by atoms with E-state index in [4.69, 9.17) is 0 Å². The average molecular weight is 751 g/mol. The third kappa shape index (κ3) is 7.65. The van der Waals surface area contributed by atoms with Crippen LogP contribution in [0, 0.1) is 0 Å². The van der Waals surface area contributed by atoms with E-state index in [0.29, 0.717) is 5.92 Å². The van der Waals surface area contributed by atoms with Crippen LogP contribution in [-0.2, 0) is 0 Å². The molecule has 2 aliphatic rings. The van der Waals surface area contributed by atoms with E-state index < -0.39 is 8.07 Å². The zero-order valence-corrected chi connectivity index (χ0v) is 35.4. The molecule has 0 N–H and O–H groups in total. The smallest absolute Gasteiger partial charge is 0.0654 e. The molecule has 0 amide bonds. The summed E-state index contributed by atoms with van der Waals surface area (Å²) in [5.74, 6) is 0.446. The summed E-state index contributed by atoms with van der Waals surface area (Å²) in [6.07, 6.45) is 17.0. The van der Waals surface area contributed by atoms with Gasteiger partial charge in [0.2, 0.25) is 0 Å². The van der Waals surface area contributed by atoms with Crippen LogP contribution in [0.4, 0.5) is 0 Å². The first kappa shape index (κ1) is 38.4. The van der Waals surface area contributed by atoms with Crippen molar-refractivity contribution in [1.29, 1.82) is 0 Å². The van der Waals surface area contributed by atoms with E-state index in [2.05, 4.69) is 154 Å². The van der Waals surface area contributed by atoms with Crippen molar-refractivity contribution in [3.8, 4) is 55.6 Å². The Kier molecular flexibility index (Phi) is 12.2. The minimum absolute atomic E-state index is 0.446. The van der Waals surface area contributed by atoms with Gasteiger partial charge in [-0.25, -0.2) is 0 Å². The summed E-state index contributed by atoms with van der Waals surface area (Å²) < 4.78 is 0. The quantitative estimate of drug-likeness (QED) is 0.0606. The highest BCUT2D eigenvalue weighted by molar-refractivity contribution is 7.05. The van der Waals surface area contributed by atoms with Gasteiger partial charge in [0.1, 0.15) is 8.07 Å². The Morgan fingerprint density at radius 2 is 0.750 bits per heavy atom. The molecule has 6 aromatic carbocycles. The van der Waals surface area contributed by atoms with Crippen LogP contribution in [0.5, 0.6) is 0 Å². The zero-order valence-electron chi connectivity index (χ0n) is 34.4. The van der Waals surface area contributed by atoms with E-state index in [0.717, 1.165) is 0 Å². The topological polar surface area (TPSA) is 0 Å². The Morgan fingerprint density at radius 1 is 0.357 bits per heavy atom. The van der Waals surface area contributed by atoms with E-state index in [1.165, 1.54) is 162 Å². The number of hydrogen-bond donors (Lipinski definition) is 0. The van der Waals surface area contributed by atoms with Crippen LogP contribution in [0.3, 0.4) is 0 Å². The second-order valence-corrected chi connectivity index (χ2v) is 21.2. The lowest BCUT2D eigenvalue weighted by atomic mass is 9.88. The van der Waals surface area contributed by atoms with Gasteiger partial charge < -0.3 is 0 Å². The molecule has 1 aliphatic carbocycles. The van der Waals surface area contributed by atoms with Crippen molar-refractivity contribution in [1.82, 2.24) is 0 Å². The minimum Gasteiger partial charge on any atom is -0.0654 e. The summed E-state index contributed by atoms with van der Waals surface area (Å²) in [6, 6.07) is 54.8. The molecule has 0 bridgehead atoms. The Labute approximate surface area is 339 Å². The zero-order chi connectivity index (χ0) is 38.3. The van der Waals surface area contributed by atoms with E-state index in [9.17, 15) is 0 Å². The van der Waals surface area contributed by atoms with Crippen molar-refractivity contribution in [3.05, 3.63) is 145 Å². The van der Waals surface area contributed by atoms with Gasteiger partial charge in [0.05, 0.1) is 0 Å². The summed E-state index contributed by atoms with van der Waals surface area (Å²) in [5, 5.41) is 3.43. The van der Waals surface area contributed by atoms with Gasteiger partial charge in [-0.05, 0) is 108 Å². The lowest BCUT2D eigenvalue weighted by Crippen LogP contribution is -2.55. The van der Waals surface area contributed by atoms with Crippen LogP contribution in [0.2, 0.25) is 12.1 Å². The second-order valence-electron chi connectivity index (χ2n) is 17.0. The molecule has 6 aromatic rings. The molecule has 1 aliphatic heterocycles. The number of unbranched alkanes of at least 4 members (excludes halogenated alkanes) is 9. The summed E-state index contributed by atoms with van der Waals surface area (Å²) in [6.45, 7) is 7.02. The molecule has 1 heteroatoms. The van der Waals surface area contributed by atoms with Crippen LogP contribution < -0.4 is 10.4 Å². The van der Waals surface area contributed by atoms with Crippen molar-refractivity contribution in [2.75, 3.05) is 0 Å². The van der Waals surface area contributed by atoms with Crippen molar-refractivity contribution in [2.45, 2.75) is 122 Å². The number of rotatable bonds is 18. The van der Waals surface area contributed by atoms with Crippen LogP contribution in [-0.4, -0.2) is 8.07 Å². The Bertz CT molecular complexity index is 2220. The molecule has 286 valence electrons. The van der Waals surface area contributed by atoms with Gasteiger partial charge in [-0.15, -0.1) is 0 Å². The molecular weight excluding hydrogens is 689 g/mol. The maximum absolute atomic E-state index is 2.71. The molecule has 0 saturated carbocycles.